The third-order valence-electron chi connectivity index (χ3n) is 6.87. The molecule has 0 saturated carbocycles. The van der Waals surface area contributed by atoms with Crippen LogP contribution in [0, 0.1) is 0 Å². The molecule has 1 N–H and O–H groups in total. The van der Waals surface area contributed by atoms with E-state index in [0.29, 0.717) is 12.5 Å². The van der Waals surface area contributed by atoms with Crippen LogP contribution in [-0.4, -0.2) is 60.0 Å². The van der Waals surface area contributed by atoms with Gasteiger partial charge < -0.3 is 19.5 Å². The molecule has 2 atom stereocenters. The average molecular weight is 472 g/mol. The van der Waals surface area contributed by atoms with Crippen molar-refractivity contribution in [3.05, 3.63) is 84.1 Å². The summed E-state index contributed by atoms with van der Waals surface area (Å²) >= 11 is 0. The Morgan fingerprint density at radius 1 is 1.06 bits per heavy atom. The second-order valence-electron chi connectivity index (χ2n) is 9.34. The Labute approximate surface area is 207 Å². The third-order valence-corrected chi connectivity index (χ3v) is 6.87. The topological polar surface area (TPSA) is 57.5 Å². The van der Waals surface area contributed by atoms with Crippen molar-refractivity contribution >= 4 is 23.2 Å². The van der Waals surface area contributed by atoms with Crippen molar-refractivity contribution in [3.63, 3.8) is 0 Å². The molecule has 6 heteroatoms. The van der Waals surface area contributed by atoms with Gasteiger partial charge in [0.1, 0.15) is 18.5 Å². The molecule has 3 aromatic carbocycles. The summed E-state index contributed by atoms with van der Waals surface area (Å²) in [7, 11) is 0. The Hall–Kier alpha value is -3.35. The van der Waals surface area contributed by atoms with Crippen LogP contribution in [0.25, 0.3) is 16.8 Å². The van der Waals surface area contributed by atoms with Gasteiger partial charge in [0.15, 0.2) is 12.6 Å². The van der Waals surface area contributed by atoms with Crippen LogP contribution in [0.1, 0.15) is 36.8 Å². The van der Waals surface area contributed by atoms with Crippen molar-refractivity contribution in [2.24, 2.45) is 5.10 Å². The van der Waals surface area contributed by atoms with Crippen molar-refractivity contribution in [1.82, 2.24) is 9.91 Å². The zero-order chi connectivity index (χ0) is 24.0. The average Bonchev–Trinajstić information content (AvgIpc) is 3.31. The summed E-state index contributed by atoms with van der Waals surface area (Å²) in [4.78, 5) is 2.35. The molecule has 3 aromatic rings. The van der Waals surface area contributed by atoms with Gasteiger partial charge in [0.05, 0.1) is 0 Å². The molecule has 35 heavy (non-hydrogen) atoms. The van der Waals surface area contributed by atoms with Crippen LogP contribution < -0.4 is 4.74 Å². The highest BCUT2D eigenvalue weighted by molar-refractivity contribution is 5.83. The predicted octanol–water partition coefficient (Wildman–Crippen LogP) is 5.05. The minimum atomic E-state index is -0.541. The molecule has 5 rings (SSSR count). The predicted molar refractivity (Wildman–Crippen MR) is 140 cm³/mol. The lowest BCUT2D eigenvalue weighted by molar-refractivity contribution is 0.0594. The van der Waals surface area contributed by atoms with Crippen LogP contribution in [-0.2, 0) is 4.74 Å². The van der Waals surface area contributed by atoms with Crippen molar-refractivity contribution in [1.29, 1.82) is 0 Å². The van der Waals surface area contributed by atoms with E-state index in [0.717, 1.165) is 37.2 Å². The van der Waals surface area contributed by atoms with Gasteiger partial charge in [-0.2, -0.15) is 0 Å². The van der Waals surface area contributed by atoms with Crippen LogP contribution in [0.2, 0.25) is 0 Å². The fraction of sp³-hybridized carbons (Fsp3) is 0.345. The smallest absolute Gasteiger partial charge is 0.195 e. The quantitative estimate of drug-likeness (QED) is 0.498. The van der Waals surface area contributed by atoms with E-state index in [9.17, 15) is 5.11 Å². The van der Waals surface area contributed by atoms with E-state index in [4.69, 9.17) is 9.47 Å². The number of nitrogens with zero attached hydrogens (tertiary/aromatic N) is 3. The maximum atomic E-state index is 10.7. The van der Waals surface area contributed by atoms with E-state index < -0.39 is 6.10 Å². The monoisotopic (exact) mass is 471 g/mol. The van der Waals surface area contributed by atoms with Gasteiger partial charge in [-0.3, -0.25) is 0 Å². The molecule has 0 spiro atoms. The molecule has 2 heterocycles. The summed E-state index contributed by atoms with van der Waals surface area (Å²) in [6, 6.07) is 23.2. The summed E-state index contributed by atoms with van der Waals surface area (Å²) < 4.78 is 11.3. The van der Waals surface area contributed by atoms with E-state index in [1.165, 1.54) is 22.7 Å². The molecular weight excluding hydrogens is 438 g/mol. The molecular formula is C29H33N3O3. The van der Waals surface area contributed by atoms with Crippen LogP contribution in [0.3, 0.4) is 0 Å². The molecule has 0 radical (unpaired) electrons. The van der Waals surface area contributed by atoms with E-state index in [2.05, 4.69) is 52.5 Å². The fourth-order valence-corrected chi connectivity index (χ4v) is 4.84. The minimum Gasteiger partial charge on any atom is -0.490 e. The second kappa shape index (κ2) is 10.9. The summed E-state index contributed by atoms with van der Waals surface area (Å²) in [5, 5.41) is 19.2. The number of likely N-dealkylation sites (tertiary alicyclic amines) is 1. The van der Waals surface area contributed by atoms with Gasteiger partial charge in [-0.25, -0.2) is 5.01 Å². The van der Waals surface area contributed by atoms with Gasteiger partial charge in [-0.05, 0) is 67.3 Å². The lowest BCUT2D eigenvalue weighted by Crippen LogP contribution is -2.40. The summed E-state index contributed by atoms with van der Waals surface area (Å²) in [5.74, 6) is 1.32. The standard InChI is InChI=1S/C29H33N3O3/c1-22-32(30-21-35-22)17-14-25-7-4-5-9-29(25)34-20-28(33)19-31-15-12-24(13-16-31)27-11-10-23-6-2-3-8-26(23)18-27/h2-11,14,17-18,21-22,24,28,33H,12-13,15-16,19-20H2,1H3/t22?,28-/m0/s1. The first-order chi connectivity index (χ1) is 17.2. The van der Waals surface area contributed by atoms with Crippen molar-refractivity contribution in [3.8, 4) is 5.75 Å². The van der Waals surface area contributed by atoms with E-state index in [-0.39, 0.29) is 12.8 Å². The van der Waals surface area contributed by atoms with Gasteiger partial charge in [0.25, 0.3) is 0 Å². The fourth-order valence-electron chi connectivity index (χ4n) is 4.84. The number of para-hydroxylation sites is 1. The van der Waals surface area contributed by atoms with Gasteiger partial charge in [0.2, 0.25) is 0 Å². The molecule has 182 valence electrons. The van der Waals surface area contributed by atoms with Crippen molar-refractivity contribution < 1.29 is 14.6 Å². The minimum absolute atomic E-state index is 0.119. The normalized spacial score (nSPS) is 19.9. The highest BCUT2D eigenvalue weighted by Crippen LogP contribution is 2.30. The number of hydrogen-bond donors (Lipinski definition) is 1. The van der Waals surface area contributed by atoms with Gasteiger partial charge in [-0.1, -0.05) is 60.7 Å². The Morgan fingerprint density at radius 3 is 2.63 bits per heavy atom. The molecule has 0 aromatic heterocycles. The molecule has 1 unspecified atom stereocenters. The van der Waals surface area contributed by atoms with Crippen molar-refractivity contribution in [2.75, 3.05) is 26.2 Å². The summed E-state index contributed by atoms with van der Waals surface area (Å²) in [5.41, 5.74) is 2.36. The number of piperidine rings is 1. The number of rotatable bonds is 8. The Bertz CT molecular complexity index is 1190. The lowest BCUT2D eigenvalue weighted by atomic mass is 9.88. The molecule has 2 aliphatic rings. The van der Waals surface area contributed by atoms with E-state index >= 15 is 0 Å². The summed E-state index contributed by atoms with van der Waals surface area (Å²) in [6.07, 6.45) is 6.82. The van der Waals surface area contributed by atoms with Gasteiger partial charge >= 0.3 is 0 Å². The van der Waals surface area contributed by atoms with E-state index in [1.54, 1.807) is 5.01 Å². The maximum absolute atomic E-state index is 10.7. The second-order valence-corrected chi connectivity index (χ2v) is 9.34. The largest absolute Gasteiger partial charge is 0.490 e. The molecule has 6 nitrogen and oxygen atoms in total. The first kappa shape index (κ1) is 23.4. The third kappa shape index (κ3) is 5.84. The number of hydrogen-bond acceptors (Lipinski definition) is 6. The zero-order valence-corrected chi connectivity index (χ0v) is 20.2. The van der Waals surface area contributed by atoms with Crippen molar-refractivity contribution in [2.45, 2.75) is 38.0 Å². The molecule has 0 aliphatic carbocycles. The molecule has 0 bridgehead atoms. The lowest BCUT2D eigenvalue weighted by Gasteiger charge is -2.33. The number of benzene rings is 3. The van der Waals surface area contributed by atoms with Crippen LogP contribution >= 0.6 is 0 Å². The number of hydrazone groups is 1. The molecule has 1 saturated heterocycles. The van der Waals surface area contributed by atoms with Gasteiger partial charge in [0, 0.05) is 18.3 Å². The van der Waals surface area contributed by atoms with Crippen LogP contribution in [0.15, 0.2) is 78.0 Å². The van der Waals surface area contributed by atoms with Gasteiger partial charge in [-0.15, -0.1) is 5.10 Å². The molecule has 2 aliphatic heterocycles. The SMILES string of the molecule is CC1OC=NN1C=Cc1ccccc1OC[C@@H](O)CN1CCC(c2ccc3ccccc3c2)CC1. The highest BCUT2D eigenvalue weighted by Gasteiger charge is 2.23. The Kier molecular flexibility index (Phi) is 7.31. The number of fused-ring (bicyclic) bond motifs is 1. The van der Waals surface area contributed by atoms with Crippen LogP contribution in [0.4, 0.5) is 0 Å². The zero-order valence-electron chi connectivity index (χ0n) is 20.2. The number of ether oxygens (including phenoxy) is 2. The number of β-amino-alcohol motifs (C(OH)–C–C–N with tert-alkyl or cyclic N) is 1. The highest BCUT2D eigenvalue weighted by atomic mass is 16.5. The first-order valence-electron chi connectivity index (χ1n) is 12.4. The van der Waals surface area contributed by atoms with E-state index in [1.807, 2.05) is 43.5 Å². The summed E-state index contributed by atoms with van der Waals surface area (Å²) in [6.45, 7) is 4.80. The maximum Gasteiger partial charge on any atom is 0.195 e. The Balaban J connectivity index is 1.10. The first-order valence-corrected chi connectivity index (χ1v) is 12.4. The number of aliphatic hydroxyl groups is 1. The molecule has 0 amide bonds. The number of aliphatic hydroxyl groups excluding tert-OH is 1. The Morgan fingerprint density at radius 2 is 1.83 bits per heavy atom. The molecule has 1 fully saturated rings. The van der Waals surface area contributed by atoms with Crippen LogP contribution in [0.5, 0.6) is 5.75 Å².